The largest absolute Gasteiger partial charge is 0.458 e. The fourth-order valence-electron chi connectivity index (χ4n) is 17.5. The minimum absolute atomic E-state index is 0.00915. The third kappa shape index (κ3) is 13.2. The summed E-state index contributed by atoms with van der Waals surface area (Å²) in [7, 11) is 0. The van der Waals surface area contributed by atoms with Gasteiger partial charge in [-0.15, -0.1) is 0 Å². The number of hydrogen-bond donors (Lipinski definition) is 2. The van der Waals surface area contributed by atoms with Crippen LogP contribution in [0.4, 0.5) is 70.2 Å². The van der Waals surface area contributed by atoms with Crippen molar-refractivity contribution in [3.8, 4) is 0 Å². The lowest BCUT2D eigenvalue weighted by Gasteiger charge is -2.62. The molecule has 0 aromatic carbocycles. The first kappa shape index (κ1) is 68.8. The normalized spacial score (nSPS) is 39.7. The maximum Gasteiger partial charge on any atom is 0.426 e. The molecule has 10 bridgehead atoms. The average Bonchev–Trinajstić information content (AvgIpc) is 2.43. The van der Waals surface area contributed by atoms with Gasteiger partial charge in [-0.2, -0.15) is 52.7 Å². The van der Waals surface area contributed by atoms with Gasteiger partial charge in [0.25, 0.3) is 5.60 Å². The van der Waals surface area contributed by atoms with Crippen LogP contribution in [0.3, 0.4) is 0 Å². The van der Waals surface area contributed by atoms with Crippen LogP contribution in [0.2, 0.25) is 0 Å². The third-order valence-electron chi connectivity index (χ3n) is 21.8. The first-order valence-electron chi connectivity index (χ1n) is 29.3. The SMILES string of the molecule is CC(CF)(C(=O)OC12CC3CC(O)(CC(O)(C3)C1)C2)C(F)(F)F.CC1CCC(C(C)C)C(OCOC(CC2CC3CC2C(C)C3C)(C(F)(F)F)C(F)(F)F)C1.CCC1(OC(=O)C(CC)(CF)C(F)(F)F)C2CC3CC(C2)CC1C3.FCF. The molecule has 11 fully saturated rings. The van der Waals surface area contributed by atoms with Crippen molar-refractivity contribution in [2.45, 2.75) is 236 Å². The van der Waals surface area contributed by atoms with Gasteiger partial charge in [0.15, 0.2) is 10.8 Å². The molecule has 2 N–H and O–H groups in total. The molecule has 11 aliphatic carbocycles. The molecule has 0 aliphatic heterocycles. The molecule has 12 atom stereocenters. The highest BCUT2D eigenvalue weighted by molar-refractivity contribution is 5.79. The van der Waals surface area contributed by atoms with Crippen LogP contribution in [-0.4, -0.2) is 108 Å². The first-order chi connectivity index (χ1) is 37.7. The second-order valence-corrected chi connectivity index (χ2v) is 27.4. The Labute approximate surface area is 471 Å². The van der Waals surface area contributed by atoms with Crippen molar-refractivity contribution in [2.24, 2.45) is 87.8 Å². The Morgan fingerprint density at radius 1 is 0.622 bits per heavy atom. The summed E-state index contributed by atoms with van der Waals surface area (Å²) >= 11 is 0. The van der Waals surface area contributed by atoms with E-state index in [4.69, 9.17) is 18.9 Å². The van der Waals surface area contributed by atoms with Crippen molar-refractivity contribution in [3.05, 3.63) is 0 Å². The summed E-state index contributed by atoms with van der Waals surface area (Å²) < 4.78 is 231. The van der Waals surface area contributed by atoms with Gasteiger partial charge in [0.1, 0.15) is 31.3 Å². The topological polar surface area (TPSA) is 112 Å². The summed E-state index contributed by atoms with van der Waals surface area (Å²) in [5.41, 5.74) is -15.1. The molecule has 82 heavy (non-hydrogen) atoms. The molecule has 11 aliphatic rings. The zero-order valence-electron chi connectivity index (χ0n) is 48.2. The Bertz CT molecular complexity index is 2080. The monoisotopic (exact) mass is 1210 g/mol. The second kappa shape index (κ2) is 24.7. The summed E-state index contributed by atoms with van der Waals surface area (Å²) in [6.45, 7) is 7.17. The van der Waals surface area contributed by atoms with Crippen LogP contribution in [-0.2, 0) is 28.5 Å². The number of ether oxygens (including phenoxy) is 4. The fourth-order valence-corrected chi connectivity index (χ4v) is 17.5. The second-order valence-electron chi connectivity index (χ2n) is 27.4. The van der Waals surface area contributed by atoms with Gasteiger partial charge in [0, 0.05) is 19.3 Å². The molecule has 0 aromatic heterocycles. The van der Waals surface area contributed by atoms with Crippen LogP contribution >= 0.6 is 0 Å². The molecule has 0 heterocycles. The van der Waals surface area contributed by atoms with E-state index in [2.05, 4.69) is 0 Å². The number of esters is 2. The number of hydrogen-bond acceptors (Lipinski definition) is 8. The predicted molar refractivity (Wildman–Crippen MR) is 268 cm³/mol. The highest BCUT2D eigenvalue weighted by atomic mass is 19.4. The average molecular weight is 1220 g/mol. The molecule has 11 rings (SSSR count). The quantitative estimate of drug-likeness (QED) is 0.0948. The van der Waals surface area contributed by atoms with Crippen molar-refractivity contribution in [1.82, 2.24) is 0 Å². The van der Waals surface area contributed by atoms with E-state index in [1.807, 2.05) is 41.5 Å². The molecule has 12 unspecified atom stereocenters. The number of carbonyl (C=O) groups is 2. The molecular weight excluding hydrogens is 1130 g/mol. The number of carbonyl (C=O) groups excluding carboxylic acids is 2. The van der Waals surface area contributed by atoms with E-state index in [1.165, 1.54) is 13.3 Å². The Hall–Kier alpha value is -2.34. The summed E-state index contributed by atoms with van der Waals surface area (Å²) in [5, 5.41) is 21.0. The zero-order chi connectivity index (χ0) is 61.8. The summed E-state index contributed by atoms with van der Waals surface area (Å²) in [4.78, 5) is 24.6. The van der Waals surface area contributed by atoms with Crippen molar-refractivity contribution in [1.29, 1.82) is 0 Å². The van der Waals surface area contributed by atoms with Gasteiger partial charge < -0.3 is 29.2 Å². The Balaban J connectivity index is 0.000000196. The minimum atomic E-state index is -5.57. The highest BCUT2D eigenvalue weighted by Gasteiger charge is 2.74. The number of aliphatic hydroxyl groups is 2. The van der Waals surface area contributed by atoms with E-state index < -0.39 is 121 Å². The maximum absolute atomic E-state index is 14.1. The van der Waals surface area contributed by atoms with Gasteiger partial charge in [-0.3, -0.25) is 9.59 Å². The fraction of sp³-hybridized carbons (Fsp3) is 0.966. The molecule has 24 heteroatoms. The van der Waals surface area contributed by atoms with Crippen LogP contribution in [0.25, 0.3) is 0 Å². The van der Waals surface area contributed by atoms with Gasteiger partial charge in [-0.05, 0) is 180 Å². The van der Waals surface area contributed by atoms with E-state index in [0.717, 1.165) is 38.5 Å². The minimum Gasteiger partial charge on any atom is -0.458 e. The highest BCUT2D eigenvalue weighted by Crippen LogP contribution is 2.64. The molecule has 11 saturated carbocycles. The number of halogens is 16. The number of fused-ring (bicyclic) bond motifs is 2. The molecule has 0 spiro atoms. The van der Waals surface area contributed by atoms with Gasteiger partial charge in [-0.1, -0.05) is 54.9 Å². The smallest absolute Gasteiger partial charge is 0.426 e. The van der Waals surface area contributed by atoms with Gasteiger partial charge >= 0.3 is 36.6 Å². The predicted octanol–water partition coefficient (Wildman–Crippen LogP) is 15.8. The number of alkyl halides is 16. The van der Waals surface area contributed by atoms with E-state index in [1.54, 1.807) is 0 Å². The lowest BCUT2D eigenvalue weighted by molar-refractivity contribution is -0.401. The Morgan fingerprint density at radius 2 is 1.16 bits per heavy atom. The van der Waals surface area contributed by atoms with E-state index in [0.29, 0.717) is 75.5 Å². The molecular formula is C58H86F16O8. The van der Waals surface area contributed by atoms with Crippen molar-refractivity contribution in [2.75, 3.05) is 27.1 Å². The molecule has 8 nitrogen and oxygen atoms in total. The molecule has 0 radical (unpaired) electrons. The van der Waals surface area contributed by atoms with Crippen molar-refractivity contribution < 1.29 is 109 Å². The van der Waals surface area contributed by atoms with E-state index in [-0.39, 0.29) is 72.7 Å². The van der Waals surface area contributed by atoms with Gasteiger partial charge in [0.05, 0.1) is 17.3 Å². The molecule has 0 saturated heterocycles. The Kier molecular flexibility index (Phi) is 20.7. The zero-order valence-corrected chi connectivity index (χ0v) is 48.2. The summed E-state index contributed by atoms with van der Waals surface area (Å²) in [6, 6.07) is 0. The van der Waals surface area contributed by atoms with Crippen LogP contribution in [0, 0.1) is 87.8 Å². The van der Waals surface area contributed by atoms with Crippen molar-refractivity contribution in [3.63, 3.8) is 0 Å². The first-order valence-corrected chi connectivity index (χ1v) is 29.3. The van der Waals surface area contributed by atoms with E-state index in [9.17, 15) is 90.0 Å². The molecule has 0 aromatic rings. The van der Waals surface area contributed by atoms with Gasteiger partial charge in [-0.25, -0.2) is 17.6 Å². The molecule has 0 amide bonds. The summed E-state index contributed by atoms with van der Waals surface area (Å²) in [6.07, 6.45) is -12.9. The van der Waals surface area contributed by atoms with Gasteiger partial charge in [0.2, 0.25) is 6.93 Å². The maximum atomic E-state index is 14.1. The van der Waals surface area contributed by atoms with Crippen LogP contribution < -0.4 is 0 Å². The lowest BCUT2D eigenvalue weighted by Crippen LogP contribution is -2.67. The standard InChI is InChI=1S/C24H38F6O2.C18H26F4O2.C15H20F4O4.CH2F2/c1-13(2)19-7-6-14(3)8-21(19)31-12-32-22(23(25,26)27,24(28,29)30)11-18-9-17-10-20(18)16(5)15(17)4;1-3-16(10-19,18(20,21)22)15(23)24-17(4-2)13-6-11-5-12(8-13)9-14(17)7-11;1-11(8-16,15(17,18)19)10(20)23-14-4-9-2-12(21,6-14)5-13(22,3-9)7-14;2-1-3/h13-21H,6-12H2,1-5H3;11-14H,3-10H2,1-2H3;9,21-22H,2-8H2,1H3;1H2. The van der Waals surface area contributed by atoms with Crippen molar-refractivity contribution >= 4 is 11.9 Å². The Morgan fingerprint density at radius 3 is 1.56 bits per heavy atom. The summed E-state index contributed by atoms with van der Waals surface area (Å²) in [5.74, 6) is -1.14. The van der Waals surface area contributed by atoms with Crippen LogP contribution in [0.5, 0.6) is 0 Å². The molecule has 478 valence electrons. The number of rotatable bonds is 15. The van der Waals surface area contributed by atoms with Crippen LogP contribution in [0.1, 0.15) is 177 Å². The lowest BCUT2D eigenvalue weighted by atomic mass is 9.49. The third-order valence-corrected chi connectivity index (χ3v) is 21.8. The van der Waals surface area contributed by atoms with E-state index >= 15 is 0 Å². The van der Waals surface area contributed by atoms with Crippen LogP contribution in [0.15, 0.2) is 0 Å².